The van der Waals surface area contributed by atoms with Crippen molar-refractivity contribution in [2.45, 2.75) is 44.2 Å². The van der Waals surface area contributed by atoms with Crippen LogP contribution >= 0.6 is 0 Å². The highest BCUT2D eigenvalue weighted by Gasteiger charge is 2.31. The lowest BCUT2D eigenvalue weighted by atomic mass is 9.92. The average molecular weight is 313 g/mol. The number of aromatic nitrogens is 1. The van der Waals surface area contributed by atoms with Crippen molar-refractivity contribution in [1.82, 2.24) is 4.98 Å². The van der Waals surface area contributed by atoms with Gasteiger partial charge in [-0.3, -0.25) is 0 Å². The summed E-state index contributed by atoms with van der Waals surface area (Å²) in [5, 5.41) is 7.96. The Morgan fingerprint density at radius 2 is 2.24 bits per heavy atom. The molecule has 1 saturated carbocycles. The molecule has 1 atom stereocenters. The number of nitrogens with two attached hydrogens (primary N) is 1. The molecule has 6 nitrogen and oxygen atoms in total. The van der Waals surface area contributed by atoms with Gasteiger partial charge in [0.15, 0.2) is 5.03 Å². The minimum atomic E-state index is -3.76. The molecule has 3 N–H and O–H groups in total. The van der Waals surface area contributed by atoms with Crippen LogP contribution in [0.1, 0.15) is 33.1 Å². The summed E-state index contributed by atoms with van der Waals surface area (Å²) in [5.41, 5.74) is 0.378. The fourth-order valence-electron chi connectivity index (χ4n) is 2.59. The van der Waals surface area contributed by atoms with E-state index >= 15 is 0 Å². The SMILES string of the molecule is CC1(C)CCC(OCCNc2cccc(S(N)(=O)=O)n2)C1. The first-order valence-electron chi connectivity index (χ1n) is 7.12. The molecule has 21 heavy (non-hydrogen) atoms. The Kier molecular flexibility index (Phi) is 4.85. The maximum Gasteiger partial charge on any atom is 0.255 e. The highest BCUT2D eigenvalue weighted by Crippen LogP contribution is 2.38. The molecule has 1 aliphatic carbocycles. The molecule has 1 heterocycles. The lowest BCUT2D eigenvalue weighted by molar-refractivity contribution is 0.0586. The number of nitrogens with zero attached hydrogens (tertiary/aromatic N) is 1. The van der Waals surface area contributed by atoms with Gasteiger partial charge in [-0.15, -0.1) is 0 Å². The molecule has 1 aromatic heterocycles. The number of sulfonamides is 1. The zero-order valence-corrected chi connectivity index (χ0v) is 13.3. The summed E-state index contributed by atoms with van der Waals surface area (Å²) in [4.78, 5) is 3.96. The van der Waals surface area contributed by atoms with Crippen molar-refractivity contribution in [2.75, 3.05) is 18.5 Å². The van der Waals surface area contributed by atoms with E-state index in [0.717, 1.165) is 12.8 Å². The maximum absolute atomic E-state index is 11.2. The molecule has 7 heteroatoms. The van der Waals surface area contributed by atoms with Gasteiger partial charge in [-0.05, 0) is 36.8 Å². The Bertz CT molecular complexity index is 587. The van der Waals surface area contributed by atoms with Crippen molar-refractivity contribution in [3.8, 4) is 0 Å². The minimum absolute atomic E-state index is 0.133. The first kappa shape index (κ1) is 16.2. The lowest BCUT2D eigenvalue weighted by Crippen LogP contribution is -2.18. The lowest BCUT2D eigenvalue weighted by Gasteiger charge is -2.17. The number of nitrogens with one attached hydrogen (secondary N) is 1. The van der Waals surface area contributed by atoms with Gasteiger partial charge >= 0.3 is 0 Å². The Morgan fingerprint density at radius 3 is 2.86 bits per heavy atom. The summed E-state index contributed by atoms with van der Waals surface area (Å²) in [6.45, 7) is 5.68. The third-order valence-electron chi connectivity index (χ3n) is 3.70. The molecular formula is C14H23N3O3S. The Morgan fingerprint density at radius 1 is 1.48 bits per heavy atom. The van der Waals surface area contributed by atoms with Gasteiger partial charge in [0.05, 0.1) is 12.7 Å². The van der Waals surface area contributed by atoms with Crippen LogP contribution in [0.2, 0.25) is 0 Å². The minimum Gasteiger partial charge on any atom is -0.376 e. The average Bonchev–Trinajstić information content (AvgIpc) is 2.74. The monoisotopic (exact) mass is 313 g/mol. The third-order valence-corrected chi connectivity index (χ3v) is 4.51. The first-order chi connectivity index (χ1) is 9.76. The standard InChI is InChI=1S/C14H23N3O3S/c1-14(2)7-6-11(10-14)20-9-8-16-12-4-3-5-13(17-12)21(15,18)19/h3-5,11H,6-10H2,1-2H3,(H,16,17)(H2,15,18,19). The van der Waals surface area contributed by atoms with Gasteiger partial charge in [-0.1, -0.05) is 19.9 Å². The number of primary sulfonamides is 1. The van der Waals surface area contributed by atoms with Crippen molar-refractivity contribution >= 4 is 15.8 Å². The molecular weight excluding hydrogens is 290 g/mol. The van der Waals surface area contributed by atoms with Crippen molar-refractivity contribution < 1.29 is 13.2 Å². The van der Waals surface area contributed by atoms with Crippen LogP contribution in [0.25, 0.3) is 0 Å². The fraction of sp³-hybridized carbons (Fsp3) is 0.643. The second-order valence-electron chi connectivity index (χ2n) is 6.23. The predicted molar refractivity (Wildman–Crippen MR) is 81.5 cm³/mol. The van der Waals surface area contributed by atoms with Crippen molar-refractivity contribution in [1.29, 1.82) is 0 Å². The summed E-state index contributed by atoms with van der Waals surface area (Å²) in [5.74, 6) is 0.483. The van der Waals surface area contributed by atoms with E-state index in [-0.39, 0.29) is 5.03 Å². The summed E-state index contributed by atoms with van der Waals surface area (Å²) in [6.07, 6.45) is 3.71. The summed E-state index contributed by atoms with van der Waals surface area (Å²) >= 11 is 0. The van der Waals surface area contributed by atoms with Crippen molar-refractivity contribution in [3.05, 3.63) is 18.2 Å². The molecule has 1 aromatic rings. The molecule has 0 saturated heterocycles. The topological polar surface area (TPSA) is 94.3 Å². The zero-order valence-electron chi connectivity index (χ0n) is 12.5. The number of hydrogen-bond acceptors (Lipinski definition) is 5. The van der Waals surface area contributed by atoms with E-state index in [1.165, 1.54) is 12.5 Å². The van der Waals surface area contributed by atoms with Crippen LogP contribution in [0.15, 0.2) is 23.2 Å². The molecule has 0 bridgehead atoms. The molecule has 2 rings (SSSR count). The van der Waals surface area contributed by atoms with Crippen LogP contribution in [0.5, 0.6) is 0 Å². The molecule has 1 unspecified atom stereocenters. The smallest absolute Gasteiger partial charge is 0.255 e. The molecule has 0 amide bonds. The van der Waals surface area contributed by atoms with E-state index < -0.39 is 10.0 Å². The number of hydrogen-bond donors (Lipinski definition) is 2. The van der Waals surface area contributed by atoms with Gasteiger partial charge in [-0.2, -0.15) is 0 Å². The van der Waals surface area contributed by atoms with Crippen LogP contribution in [-0.4, -0.2) is 32.7 Å². The van der Waals surface area contributed by atoms with E-state index in [2.05, 4.69) is 24.1 Å². The Labute approximate surface area is 126 Å². The van der Waals surface area contributed by atoms with Gasteiger partial charge in [0.2, 0.25) is 0 Å². The predicted octanol–water partition coefficient (Wildman–Crippen LogP) is 1.74. The highest BCUT2D eigenvalue weighted by molar-refractivity contribution is 7.89. The summed E-state index contributed by atoms with van der Waals surface area (Å²) < 4.78 is 28.3. The fourth-order valence-corrected chi connectivity index (χ4v) is 3.08. The van der Waals surface area contributed by atoms with E-state index in [4.69, 9.17) is 9.88 Å². The number of ether oxygens (including phenoxy) is 1. The second-order valence-corrected chi connectivity index (χ2v) is 7.74. The number of anilines is 1. The van der Waals surface area contributed by atoms with Gasteiger partial charge in [0.1, 0.15) is 5.82 Å². The van der Waals surface area contributed by atoms with E-state index in [9.17, 15) is 8.42 Å². The van der Waals surface area contributed by atoms with Gasteiger partial charge in [0.25, 0.3) is 10.0 Å². The van der Waals surface area contributed by atoms with Crippen LogP contribution in [0.3, 0.4) is 0 Å². The van der Waals surface area contributed by atoms with Gasteiger partial charge in [0, 0.05) is 6.54 Å². The van der Waals surface area contributed by atoms with Gasteiger partial charge in [-0.25, -0.2) is 18.5 Å². The highest BCUT2D eigenvalue weighted by atomic mass is 32.2. The Balaban J connectivity index is 1.77. The van der Waals surface area contributed by atoms with Crippen LogP contribution in [0.4, 0.5) is 5.82 Å². The van der Waals surface area contributed by atoms with Gasteiger partial charge < -0.3 is 10.1 Å². The summed E-state index contributed by atoms with van der Waals surface area (Å²) in [7, 11) is -3.76. The zero-order chi connectivity index (χ0) is 15.5. The summed E-state index contributed by atoms with van der Waals surface area (Å²) in [6, 6.07) is 4.68. The van der Waals surface area contributed by atoms with Crippen LogP contribution < -0.4 is 10.5 Å². The van der Waals surface area contributed by atoms with Crippen molar-refractivity contribution in [3.63, 3.8) is 0 Å². The van der Waals surface area contributed by atoms with E-state index in [1.807, 2.05) is 0 Å². The van der Waals surface area contributed by atoms with Crippen molar-refractivity contribution in [2.24, 2.45) is 10.6 Å². The van der Waals surface area contributed by atoms with E-state index in [1.54, 1.807) is 12.1 Å². The first-order valence-corrected chi connectivity index (χ1v) is 8.66. The molecule has 1 fully saturated rings. The second kappa shape index (κ2) is 6.29. The quantitative estimate of drug-likeness (QED) is 0.780. The number of rotatable bonds is 6. The normalized spacial score (nSPS) is 21.4. The van der Waals surface area contributed by atoms with Crippen LogP contribution in [0, 0.1) is 5.41 Å². The molecule has 118 valence electrons. The Hall–Kier alpha value is -1.18. The number of pyridine rings is 1. The molecule has 0 radical (unpaired) electrons. The molecule has 1 aliphatic rings. The molecule has 0 aromatic carbocycles. The molecule has 0 aliphatic heterocycles. The van der Waals surface area contributed by atoms with E-state index in [0.29, 0.717) is 30.5 Å². The largest absolute Gasteiger partial charge is 0.376 e. The molecule has 0 spiro atoms. The third kappa shape index (κ3) is 4.94. The maximum atomic E-state index is 11.2. The van der Waals surface area contributed by atoms with Crippen LogP contribution in [-0.2, 0) is 14.8 Å².